The van der Waals surface area contributed by atoms with Crippen molar-refractivity contribution >= 4 is 21.4 Å². The molecular weight excluding hydrogens is 276 g/mol. The largest absolute Gasteiger partial charge is 0.292 e. The Morgan fingerprint density at radius 2 is 1.50 bits per heavy atom. The highest BCUT2D eigenvalue weighted by Gasteiger charge is 2.48. The minimum atomic E-state index is -3.94. The molecule has 0 aliphatic carbocycles. The summed E-state index contributed by atoms with van der Waals surface area (Å²) in [4.78, 5) is 24.5. The third-order valence-electron chi connectivity index (χ3n) is 3.30. The lowest BCUT2D eigenvalue weighted by Crippen LogP contribution is -2.32. The topological polar surface area (TPSA) is 68.3 Å². The molecule has 4 nitrogen and oxygen atoms in total. The van der Waals surface area contributed by atoms with Gasteiger partial charge in [-0.05, 0) is 6.07 Å². The van der Waals surface area contributed by atoms with Crippen LogP contribution in [0.5, 0.6) is 0 Å². The summed E-state index contributed by atoms with van der Waals surface area (Å²) in [7, 11) is -3.94. The van der Waals surface area contributed by atoms with Crippen molar-refractivity contribution in [3.8, 4) is 0 Å². The number of sulfone groups is 1. The molecule has 0 saturated heterocycles. The molecule has 2 aromatic rings. The van der Waals surface area contributed by atoms with Gasteiger partial charge in [-0.2, -0.15) is 0 Å². The molecule has 0 spiro atoms. The number of hydrogen-bond donors (Lipinski definition) is 0. The minimum absolute atomic E-state index is 0.0562. The molecule has 0 aromatic heterocycles. The fourth-order valence-corrected chi connectivity index (χ4v) is 4.17. The van der Waals surface area contributed by atoms with Gasteiger partial charge in [-0.3, -0.25) is 9.59 Å². The number of hydrogen-bond acceptors (Lipinski definition) is 4. The Kier molecular flexibility index (Phi) is 2.79. The highest BCUT2D eigenvalue weighted by Crippen LogP contribution is 2.32. The predicted octanol–water partition coefficient (Wildman–Crippen LogP) is 1.91. The van der Waals surface area contributed by atoms with Crippen LogP contribution in [0.25, 0.3) is 0 Å². The molecule has 1 aliphatic rings. The first kappa shape index (κ1) is 12.7. The Bertz CT molecular complexity index is 807. The van der Waals surface area contributed by atoms with Crippen molar-refractivity contribution in [1.29, 1.82) is 0 Å². The Balaban J connectivity index is 2.14. The lowest BCUT2D eigenvalue weighted by Gasteiger charge is -2.07. The summed E-state index contributed by atoms with van der Waals surface area (Å²) < 4.78 is 24.7. The van der Waals surface area contributed by atoms with Gasteiger partial charge in [0.15, 0.2) is 26.7 Å². The maximum Gasteiger partial charge on any atom is 0.196 e. The number of rotatable bonds is 2. The van der Waals surface area contributed by atoms with Crippen molar-refractivity contribution in [3.63, 3.8) is 0 Å². The molecule has 20 heavy (non-hydrogen) atoms. The molecular formula is C15H10O4S. The van der Waals surface area contributed by atoms with E-state index in [2.05, 4.69) is 0 Å². The van der Waals surface area contributed by atoms with Crippen molar-refractivity contribution in [2.45, 2.75) is 10.1 Å². The van der Waals surface area contributed by atoms with E-state index in [0.29, 0.717) is 0 Å². The van der Waals surface area contributed by atoms with Crippen LogP contribution < -0.4 is 0 Å². The summed E-state index contributed by atoms with van der Waals surface area (Å²) in [5.41, 5.74) is 0.323. The van der Waals surface area contributed by atoms with Crippen LogP contribution in [-0.4, -0.2) is 25.2 Å². The van der Waals surface area contributed by atoms with Crippen LogP contribution in [0.4, 0.5) is 0 Å². The second kappa shape index (κ2) is 4.38. The van der Waals surface area contributed by atoms with Crippen molar-refractivity contribution in [2.24, 2.45) is 0 Å². The average Bonchev–Trinajstić information content (AvgIpc) is 2.67. The van der Waals surface area contributed by atoms with Gasteiger partial charge < -0.3 is 0 Å². The van der Waals surface area contributed by atoms with E-state index in [0.717, 1.165) is 0 Å². The number of carbonyl (C=O) groups is 2. The van der Waals surface area contributed by atoms with E-state index in [-0.39, 0.29) is 16.0 Å². The molecule has 0 fully saturated rings. The molecule has 2 aromatic carbocycles. The normalized spacial score (nSPS) is 19.6. The second-order valence-corrected chi connectivity index (χ2v) is 6.52. The molecule has 1 unspecified atom stereocenters. The Morgan fingerprint density at radius 1 is 0.900 bits per heavy atom. The van der Waals surface area contributed by atoms with Crippen molar-refractivity contribution < 1.29 is 18.0 Å². The second-order valence-electron chi connectivity index (χ2n) is 4.52. The van der Waals surface area contributed by atoms with Crippen LogP contribution in [-0.2, 0) is 9.84 Å². The third-order valence-corrected chi connectivity index (χ3v) is 5.32. The van der Waals surface area contributed by atoms with Gasteiger partial charge >= 0.3 is 0 Å². The van der Waals surface area contributed by atoms with Crippen LogP contribution in [0, 0.1) is 0 Å². The van der Waals surface area contributed by atoms with Crippen LogP contribution in [0.1, 0.15) is 20.7 Å². The van der Waals surface area contributed by atoms with E-state index in [1.807, 2.05) is 0 Å². The lowest BCUT2D eigenvalue weighted by atomic mass is 10.0. The highest BCUT2D eigenvalue weighted by atomic mass is 32.2. The number of fused-ring (bicyclic) bond motifs is 1. The zero-order chi connectivity index (χ0) is 14.3. The minimum Gasteiger partial charge on any atom is -0.292 e. The maximum absolute atomic E-state index is 12.4. The first-order valence-corrected chi connectivity index (χ1v) is 7.54. The molecule has 0 bridgehead atoms. The van der Waals surface area contributed by atoms with Gasteiger partial charge in [0, 0.05) is 11.1 Å². The van der Waals surface area contributed by atoms with E-state index in [1.165, 1.54) is 24.3 Å². The molecule has 0 amide bonds. The van der Waals surface area contributed by atoms with Crippen LogP contribution in [0.3, 0.4) is 0 Å². The fraction of sp³-hybridized carbons (Fsp3) is 0.0667. The standard InChI is InChI=1S/C15H10O4S/c16-13(10-6-2-1-3-7-10)15-14(17)11-8-4-5-9-12(11)20(15,18)19/h1-9,15H. The van der Waals surface area contributed by atoms with Gasteiger partial charge in [-0.1, -0.05) is 48.5 Å². The summed E-state index contributed by atoms with van der Waals surface area (Å²) >= 11 is 0. The number of benzene rings is 2. The van der Waals surface area contributed by atoms with Gasteiger partial charge in [0.2, 0.25) is 0 Å². The summed E-state index contributed by atoms with van der Waals surface area (Å²) in [6.45, 7) is 0. The molecule has 1 aliphatic heterocycles. The number of carbonyl (C=O) groups excluding carboxylic acids is 2. The van der Waals surface area contributed by atoms with Crippen molar-refractivity contribution in [1.82, 2.24) is 0 Å². The monoisotopic (exact) mass is 286 g/mol. The first-order chi connectivity index (χ1) is 9.53. The van der Waals surface area contributed by atoms with Gasteiger partial charge in [0.25, 0.3) is 0 Å². The van der Waals surface area contributed by atoms with Gasteiger partial charge in [0.1, 0.15) is 0 Å². The predicted molar refractivity (Wildman–Crippen MR) is 72.5 cm³/mol. The van der Waals surface area contributed by atoms with E-state index in [1.54, 1.807) is 30.3 Å². The smallest absolute Gasteiger partial charge is 0.196 e. The zero-order valence-corrected chi connectivity index (χ0v) is 11.1. The fourth-order valence-electron chi connectivity index (χ4n) is 2.34. The number of ketones is 2. The van der Waals surface area contributed by atoms with Crippen LogP contribution in [0.15, 0.2) is 59.5 Å². The van der Waals surface area contributed by atoms with E-state index in [4.69, 9.17) is 0 Å². The summed E-state index contributed by atoms with van der Waals surface area (Å²) in [6.07, 6.45) is 0. The zero-order valence-electron chi connectivity index (χ0n) is 10.3. The van der Waals surface area contributed by atoms with Crippen molar-refractivity contribution in [3.05, 3.63) is 65.7 Å². The van der Waals surface area contributed by atoms with E-state index < -0.39 is 26.7 Å². The Hall–Kier alpha value is -2.27. The quantitative estimate of drug-likeness (QED) is 0.624. The number of Topliss-reactive ketones (excluding diaryl/α,β-unsaturated/α-hetero) is 2. The highest BCUT2D eigenvalue weighted by molar-refractivity contribution is 7.94. The van der Waals surface area contributed by atoms with Crippen LogP contribution in [0.2, 0.25) is 0 Å². The average molecular weight is 286 g/mol. The summed E-state index contributed by atoms with van der Waals surface area (Å²) in [5, 5.41) is -1.65. The molecule has 0 radical (unpaired) electrons. The van der Waals surface area contributed by atoms with Crippen LogP contribution >= 0.6 is 0 Å². The molecule has 1 heterocycles. The SMILES string of the molecule is O=C(c1ccccc1)C1C(=O)c2ccccc2S1(=O)=O. The Morgan fingerprint density at radius 3 is 2.15 bits per heavy atom. The molecule has 5 heteroatoms. The van der Waals surface area contributed by atoms with Gasteiger partial charge in [0.05, 0.1) is 4.90 Å². The molecule has 3 rings (SSSR count). The third kappa shape index (κ3) is 1.71. The molecule has 1 atom stereocenters. The van der Waals surface area contributed by atoms with Gasteiger partial charge in [-0.15, -0.1) is 0 Å². The Labute approximate surface area is 116 Å². The molecule has 0 N–H and O–H groups in total. The summed E-state index contributed by atoms with van der Waals surface area (Å²) in [5.74, 6) is -1.32. The van der Waals surface area contributed by atoms with Gasteiger partial charge in [-0.25, -0.2) is 8.42 Å². The molecule has 0 saturated carbocycles. The maximum atomic E-state index is 12.4. The van der Waals surface area contributed by atoms with E-state index >= 15 is 0 Å². The molecule has 100 valence electrons. The lowest BCUT2D eigenvalue weighted by molar-refractivity contribution is 0.0903. The van der Waals surface area contributed by atoms with Crippen molar-refractivity contribution in [2.75, 3.05) is 0 Å². The summed E-state index contributed by atoms with van der Waals surface area (Å²) in [6, 6.07) is 13.9. The first-order valence-electron chi connectivity index (χ1n) is 6.00. The van der Waals surface area contributed by atoms with E-state index in [9.17, 15) is 18.0 Å².